The molecule has 1 aromatic heterocycles. The van der Waals surface area contributed by atoms with Crippen LogP contribution in [0.5, 0.6) is 0 Å². The van der Waals surface area contributed by atoms with Gasteiger partial charge in [0.2, 0.25) is 0 Å². The van der Waals surface area contributed by atoms with Crippen LogP contribution in [0, 0.1) is 5.82 Å². The Labute approximate surface area is 89.0 Å². The van der Waals surface area contributed by atoms with Gasteiger partial charge in [0.1, 0.15) is 5.82 Å². The van der Waals surface area contributed by atoms with Gasteiger partial charge in [-0.25, -0.2) is 19.5 Å². The highest BCUT2D eigenvalue weighted by atomic mass is 32.3. The lowest BCUT2D eigenvalue weighted by molar-refractivity contribution is 0.461. The van der Waals surface area contributed by atoms with E-state index in [1.165, 1.54) is 0 Å². The third-order valence-electron chi connectivity index (χ3n) is 2.30. The molecule has 0 radical (unpaired) electrons. The molecule has 0 fully saturated rings. The number of nitrogens with zero attached hydrogens (tertiary/aromatic N) is 2. The molecular formula is C8H14FN3O2S. The summed E-state index contributed by atoms with van der Waals surface area (Å²) in [6, 6.07) is 0. The zero-order valence-corrected chi connectivity index (χ0v) is 9.28. The topological polar surface area (TPSA) is 92.3 Å². The van der Waals surface area contributed by atoms with Crippen LogP contribution < -0.4 is 5.14 Å². The second-order valence-electron chi connectivity index (χ2n) is 3.39. The maximum Gasteiger partial charge on any atom is 0.159 e. The van der Waals surface area contributed by atoms with E-state index in [1.54, 1.807) is 13.8 Å². The van der Waals surface area contributed by atoms with E-state index in [2.05, 4.69) is 9.97 Å². The van der Waals surface area contributed by atoms with Crippen LogP contribution in [-0.2, 0) is 0 Å². The SMILES string of the molecule is CC(c1ncc(F)cn1)C(C)S(N)(O)O. The van der Waals surface area contributed by atoms with Crippen LogP contribution in [0.3, 0.4) is 0 Å². The fourth-order valence-electron chi connectivity index (χ4n) is 1.07. The van der Waals surface area contributed by atoms with Gasteiger partial charge in [-0.2, -0.15) is 0 Å². The number of aromatic nitrogens is 2. The molecule has 7 heteroatoms. The Morgan fingerprint density at radius 3 is 2.20 bits per heavy atom. The van der Waals surface area contributed by atoms with Crippen LogP contribution in [0.15, 0.2) is 12.4 Å². The van der Waals surface area contributed by atoms with Crippen molar-refractivity contribution in [3.63, 3.8) is 0 Å². The maximum atomic E-state index is 12.5. The molecule has 2 atom stereocenters. The lowest BCUT2D eigenvalue weighted by atomic mass is 10.1. The summed E-state index contributed by atoms with van der Waals surface area (Å²) < 4.78 is 31.1. The summed E-state index contributed by atoms with van der Waals surface area (Å²) in [7, 11) is -3.13. The van der Waals surface area contributed by atoms with Crippen molar-refractivity contribution < 1.29 is 13.5 Å². The van der Waals surface area contributed by atoms with Crippen molar-refractivity contribution in [1.82, 2.24) is 9.97 Å². The molecule has 4 N–H and O–H groups in total. The lowest BCUT2D eigenvalue weighted by Crippen LogP contribution is -2.27. The minimum absolute atomic E-state index is 0.342. The second-order valence-corrected chi connectivity index (χ2v) is 5.41. The molecule has 1 aromatic rings. The lowest BCUT2D eigenvalue weighted by Gasteiger charge is -2.36. The monoisotopic (exact) mass is 235 g/mol. The van der Waals surface area contributed by atoms with Crippen LogP contribution in [0.1, 0.15) is 25.6 Å². The van der Waals surface area contributed by atoms with Crippen molar-refractivity contribution in [2.75, 3.05) is 0 Å². The minimum Gasteiger partial charge on any atom is -0.286 e. The molecular weight excluding hydrogens is 221 g/mol. The summed E-state index contributed by atoms with van der Waals surface area (Å²) in [5, 5.41) is 4.63. The number of nitrogens with two attached hydrogens (primary N) is 1. The quantitative estimate of drug-likeness (QED) is 0.742. The average Bonchev–Trinajstić information content (AvgIpc) is 2.15. The minimum atomic E-state index is -3.13. The molecule has 0 saturated carbocycles. The average molecular weight is 235 g/mol. The summed E-state index contributed by atoms with van der Waals surface area (Å²) in [5.41, 5.74) is 0. The number of hydrogen-bond acceptors (Lipinski definition) is 5. The van der Waals surface area contributed by atoms with Crippen LogP contribution in [0.4, 0.5) is 4.39 Å². The highest BCUT2D eigenvalue weighted by Crippen LogP contribution is 2.41. The molecule has 1 heterocycles. The summed E-state index contributed by atoms with van der Waals surface area (Å²) in [4.78, 5) is 7.52. The normalized spacial score (nSPS) is 17.2. The number of rotatable bonds is 3. The van der Waals surface area contributed by atoms with E-state index in [0.29, 0.717) is 5.82 Å². The molecule has 0 aliphatic rings. The Bertz CT molecular complexity index is 328. The van der Waals surface area contributed by atoms with Gasteiger partial charge in [-0.05, 0) is 6.92 Å². The summed E-state index contributed by atoms with van der Waals surface area (Å²) >= 11 is 0. The van der Waals surface area contributed by atoms with Gasteiger partial charge < -0.3 is 0 Å². The van der Waals surface area contributed by atoms with Gasteiger partial charge in [0.15, 0.2) is 5.82 Å². The predicted octanol–water partition coefficient (Wildman–Crippen LogP) is 1.73. The van der Waals surface area contributed by atoms with E-state index in [1.807, 2.05) is 0 Å². The molecule has 0 amide bonds. The first kappa shape index (κ1) is 12.3. The van der Waals surface area contributed by atoms with Gasteiger partial charge >= 0.3 is 0 Å². The van der Waals surface area contributed by atoms with Crippen molar-refractivity contribution in [3.8, 4) is 0 Å². The molecule has 5 nitrogen and oxygen atoms in total. The summed E-state index contributed by atoms with van der Waals surface area (Å²) in [6.45, 7) is 3.30. The van der Waals surface area contributed by atoms with Crippen LogP contribution in [0.2, 0.25) is 0 Å². The highest BCUT2D eigenvalue weighted by Gasteiger charge is 2.26. The van der Waals surface area contributed by atoms with Crippen LogP contribution >= 0.6 is 10.8 Å². The summed E-state index contributed by atoms with van der Waals surface area (Å²) in [5.74, 6) is -0.534. The first-order valence-electron chi connectivity index (χ1n) is 4.34. The summed E-state index contributed by atoms with van der Waals surface area (Å²) in [6.07, 6.45) is 2.07. The van der Waals surface area contributed by atoms with E-state index >= 15 is 0 Å². The van der Waals surface area contributed by atoms with Crippen molar-refractivity contribution >= 4 is 10.8 Å². The van der Waals surface area contributed by atoms with E-state index in [9.17, 15) is 13.5 Å². The Morgan fingerprint density at radius 1 is 1.33 bits per heavy atom. The Hall–Kier alpha value is -0.760. The van der Waals surface area contributed by atoms with Crippen LogP contribution in [0.25, 0.3) is 0 Å². The molecule has 0 bridgehead atoms. The maximum absolute atomic E-state index is 12.5. The largest absolute Gasteiger partial charge is 0.286 e. The molecule has 0 spiro atoms. The van der Waals surface area contributed by atoms with Gasteiger partial charge in [0, 0.05) is 5.92 Å². The molecule has 2 unspecified atom stereocenters. The fraction of sp³-hybridized carbons (Fsp3) is 0.500. The molecule has 15 heavy (non-hydrogen) atoms. The number of hydrogen-bond donors (Lipinski definition) is 3. The Balaban J connectivity index is 2.85. The first-order chi connectivity index (χ1) is 6.82. The molecule has 0 saturated heterocycles. The molecule has 0 aromatic carbocycles. The van der Waals surface area contributed by atoms with Gasteiger partial charge in [0.05, 0.1) is 17.6 Å². The van der Waals surface area contributed by atoms with E-state index in [0.717, 1.165) is 12.4 Å². The third kappa shape index (κ3) is 3.10. The predicted molar refractivity (Wildman–Crippen MR) is 56.9 cm³/mol. The first-order valence-corrected chi connectivity index (χ1v) is 6.02. The van der Waals surface area contributed by atoms with Gasteiger partial charge in [0.25, 0.3) is 0 Å². The second kappa shape index (κ2) is 4.40. The highest BCUT2D eigenvalue weighted by molar-refractivity contribution is 8.22. The van der Waals surface area contributed by atoms with Crippen molar-refractivity contribution in [3.05, 3.63) is 24.0 Å². The standard InChI is InChI=1S/C8H14FN3O2S/c1-5(6(2)15(10,13)14)8-11-3-7(9)4-12-8/h3-6,13-14H,10H2,1-2H3. The van der Waals surface area contributed by atoms with Crippen molar-refractivity contribution in [2.45, 2.75) is 25.0 Å². The van der Waals surface area contributed by atoms with Crippen molar-refractivity contribution in [2.24, 2.45) is 5.14 Å². The van der Waals surface area contributed by atoms with Gasteiger partial charge in [-0.1, -0.05) is 6.92 Å². The van der Waals surface area contributed by atoms with E-state index < -0.39 is 21.8 Å². The van der Waals surface area contributed by atoms with Crippen LogP contribution in [-0.4, -0.2) is 24.3 Å². The van der Waals surface area contributed by atoms with E-state index in [4.69, 9.17) is 5.14 Å². The molecule has 86 valence electrons. The molecule has 0 aliphatic heterocycles. The van der Waals surface area contributed by atoms with Gasteiger partial charge in [-0.15, -0.1) is 10.8 Å². The van der Waals surface area contributed by atoms with Gasteiger partial charge in [-0.3, -0.25) is 9.11 Å². The number of halogens is 1. The third-order valence-corrected chi connectivity index (χ3v) is 3.80. The Morgan fingerprint density at radius 2 is 1.80 bits per heavy atom. The fourth-order valence-corrected chi connectivity index (χ4v) is 1.79. The zero-order valence-electron chi connectivity index (χ0n) is 8.46. The van der Waals surface area contributed by atoms with E-state index in [-0.39, 0.29) is 5.92 Å². The molecule has 1 rings (SSSR count). The zero-order chi connectivity index (χ0) is 11.6. The smallest absolute Gasteiger partial charge is 0.159 e. The van der Waals surface area contributed by atoms with Crippen molar-refractivity contribution in [1.29, 1.82) is 0 Å². The molecule has 0 aliphatic carbocycles. The Kier molecular flexibility index (Phi) is 3.61.